The van der Waals surface area contributed by atoms with Crippen LogP contribution >= 0.6 is 0 Å². The summed E-state index contributed by atoms with van der Waals surface area (Å²) in [6.45, 7) is 11.6. The van der Waals surface area contributed by atoms with Gasteiger partial charge in [0.05, 0.1) is 6.54 Å². The predicted molar refractivity (Wildman–Crippen MR) is 112 cm³/mol. The van der Waals surface area contributed by atoms with Crippen LogP contribution in [0.2, 0.25) is 0 Å². The molecule has 0 aromatic rings. The van der Waals surface area contributed by atoms with Crippen molar-refractivity contribution in [2.75, 3.05) is 6.54 Å². The molecule has 148 valence electrons. The molecule has 0 bridgehead atoms. The Bertz CT molecular complexity index is 722. The van der Waals surface area contributed by atoms with E-state index in [1.807, 2.05) is 0 Å². The molecule has 6 atom stereocenters. The van der Waals surface area contributed by atoms with Gasteiger partial charge < -0.3 is 10.5 Å². The van der Waals surface area contributed by atoms with Gasteiger partial charge in [0.25, 0.3) is 0 Å². The minimum Gasteiger partial charge on any atom is -0.325 e. The molecule has 3 nitrogen and oxygen atoms in total. The topological polar surface area (TPSA) is 55.4 Å². The Morgan fingerprint density at radius 1 is 1.22 bits per heavy atom. The van der Waals surface area contributed by atoms with Gasteiger partial charge in [-0.15, -0.1) is 0 Å². The van der Waals surface area contributed by atoms with Crippen LogP contribution < -0.4 is 5.73 Å². The second-order valence-corrected chi connectivity index (χ2v) is 10.3. The SMILES string of the molecule is C=C1C=C2CCC3(N)C(CCC4(C)C(C(C)=NCC=O)CCC43)C2(C)CC1. The Labute approximate surface area is 164 Å². The third kappa shape index (κ3) is 2.64. The molecule has 3 heteroatoms. The van der Waals surface area contributed by atoms with Gasteiger partial charge in [-0.2, -0.15) is 0 Å². The number of hydrogen-bond acceptors (Lipinski definition) is 3. The van der Waals surface area contributed by atoms with Crippen LogP contribution in [-0.2, 0) is 4.79 Å². The average Bonchev–Trinajstić information content (AvgIpc) is 2.99. The van der Waals surface area contributed by atoms with Gasteiger partial charge in [0.1, 0.15) is 6.29 Å². The highest BCUT2D eigenvalue weighted by Crippen LogP contribution is 2.67. The summed E-state index contributed by atoms with van der Waals surface area (Å²) in [5, 5.41) is 0. The largest absolute Gasteiger partial charge is 0.325 e. The zero-order valence-corrected chi connectivity index (χ0v) is 17.4. The minimum absolute atomic E-state index is 0.0581. The lowest BCUT2D eigenvalue weighted by Gasteiger charge is -2.63. The smallest absolute Gasteiger partial charge is 0.141 e. The van der Waals surface area contributed by atoms with Gasteiger partial charge in [-0.25, -0.2) is 0 Å². The van der Waals surface area contributed by atoms with Crippen molar-refractivity contribution in [2.45, 2.75) is 77.7 Å². The lowest BCUT2D eigenvalue weighted by molar-refractivity contribution is -0.106. The summed E-state index contributed by atoms with van der Waals surface area (Å²) in [5.41, 5.74) is 11.9. The van der Waals surface area contributed by atoms with E-state index in [0.29, 0.717) is 24.3 Å². The third-order valence-electron chi connectivity index (χ3n) is 9.20. The van der Waals surface area contributed by atoms with Crippen LogP contribution in [0.3, 0.4) is 0 Å². The fourth-order valence-electron chi connectivity index (χ4n) is 7.84. The molecule has 4 aliphatic carbocycles. The van der Waals surface area contributed by atoms with Crippen molar-refractivity contribution in [1.29, 1.82) is 0 Å². The number of carbonyl (C=O) groups excluding carboxylic acids is 1. The van der Waals surface area contributed by atoms with Crippen LogP contribution in [0.25, 0.3) is 0 Å². The first kappa shape index (κ1) is 19.1. The zero-order chi connectivity index (χ0) is 19.4. The summed E-state index contributed by atoms with van der Waals surface area (Å²) >= 11 is 0. The molecule has 4 rings (SSSR count). The molecule has 0 amide bonds. The van der Waals surface area contributed by atoms with Crippen LogP contribution in [0.5, 0.6) is 0 Å². The number of nitrogens with two attached hydrogens (primary N) is 1. The van der Waals surface area contributed by atoms with E-state index >= 15 is 0 Å². The van der Waals surface area contributed by atoms with Gasteiger partial charge in [-0.1, -0.05) is 37.6 Å². The van der Waals surface area contributed by atoms with E-state index in [0.717, 1.165) is 25.5 Å². The maximum absolute atomic E-state index is 10.8. The number of aliphatic imine (C=N–C) groups is 1. The Kier molecular flexibility index (Phi) is 4.53. The highest BCUT2D eigenvalue weighted by atomic mass is 16.1. The van der Waals surface area contributed by atoms with E-state index in [2.05, 4.69) is 38.4 Å². The molecule has 0 aromatic carbocycles. The van der Waals surface area contributed by atoms with Crippen molar-refractivity contribution in [3.63, 3.8) is 0 Å². The maximum atomic E-state index is 10.8. The van der Waals surface area contributed by atoms with E-state index in [-0.39, 0.29) is 16.4 Å². The van der Waals surface area contributed by atoms with E-state index < -0.39 is 0 Å². The molecule has 0 spiro atoms. The van der Waals surface area contributed by atoms with Crippen LogP contribution in [0.1, 0.15) is 72.1 Å². The molecule has 27 heavy (non-hydrogen) atoms. The first-order chi connectivity index (χ1) is 12.8. The van der Waals surface area contributed by atoms with E-state index in [1.165, 1.54) is 43.4 Å². The fraction of sp³-hybridized carbons (Fsp3) is 0.750. The lowest BCUT2D eigenvalue weighted by Crippen LogP contribution is -2.66. The summed E-state index contributed by atoms with van der Waals surface area (Å²) < 4.78 is 0. The van der Waals surface area contributed by atoms with Gasteiger partial charge in [-0.05, 0) is 81.0 Å². The van der Waals surface area contributed by atoms with Crippen LogP contribution in [-0.4, -0.2) is 24.1 Å². The Morgan fingerprint density at radius 3 is 2.74 bits per heavy atom. The molecular formula is C24H36N2O. The maximum Gasteiger partial charge on any atom is 0.141 e. The van der Waals surface area contributed by atoms with Gasteiger partial charge >= 0.3 is 0 Å². The van der Waals surface area contributed by atoms with Gasteiger partial charge in [0.2, 0.25) is 0 Å². The number of carbonyl (C=O) groups is 1. The molecule has 0 aromatic heterocycles. The quantitative estimate of drug-likeness (QED) is 0.571. The predicted octanol–water partition coefficient (Wildman–Crippen LogP) is 4.86. The first-order valence-electron chi connectivity index (χ1n) is 10.9. The molecule has 0 radical (unpaired) electrons. The van der Waals surface area contributed by atoms with Crippen LogP contribution in [0.15, 0.2) is 28.8 Å². The Balaban J connectivity index is 1.67. The van der Waals surface area contributed by atoms with Crippen molar-refractivity contribution < 1.29 is 4.79 Å². The average molecular weight is 369 g/mol. The lowest BCUT2D eigenvalue weighted by atomic mass is 9.43. The van der Waals surface area contributed by atoms with Crippen molar-refractivity contribution in [1.82, 2.24) is 0 Å². The van der Waals surface area contributed by atoms with Gasteiger partial charge in [0, 0.05) is 17.2 Å². The van der Waals surface area contributed by atoms with E-state index in [4.69, 9.17) is 5.73 Å². The molecule has 3 saturated carbocycles. The number of fused-ring (bicyclic) bond motifs is 5. The second kappa shape index (κ2) is 6.40. The second-order valence-electron chi connectivity index (χ2n) is 10.3. The standard InChI is InChI=1S/C24H36N2O/c1-16-7-10-22(3)18(15-16)8-12-24(25)20-6-5-19(17(2)26-13-14-27)23(20,4)11-9-21(22)24/h14-15,19-21H,1,5-13,25H2,2-4H3. The van der Waals surface area contributed by atoms with Crippen molar-refractivity contribution in [3.05, 3.63) is 23.8 Å². The highest BCUT2D eigenvalue weighted by Gasteiger charge is 2.64. The van der Waals surface area contributed by atoms with E-state index in [9.17, 15) is 4.79 Å². The number of hydrogen-bond donors (Lipinski definition) is 1. The van der Waals surface area contributed by atoms with Crippen molar-refractivity contribution >= 4 is 12.0 Å². The van der Waals surface area contributed by atoms with Crippen LogP contribution in [0.4, 0.5) is 0 Å². The summed E-state index contributed by atoms with van der Waals surface area (Å²) in [7, 11) is 0. The van der Waals surface area contributed by atoms with Crippen molar-refractivity contribution in [2.24, 2.45) is 39.3 Å². The number of allylic oxidation sites excluding steroid dienone is 3. The zero-order valence-electron chi connectivity index (χ0n) is 17.4. The monoisotopic (exact) mass is 368 g/mol. The van der Waals surface area contributed by atoms with Crippen LogP contribution in [0, 0.1) is 28.6 Å². The molecule has 0 aliphatic heterocycles. The minimum atomic E-state index is -0.0581. The molecule has 4 aliphatic rings. The Morgan fingerprint density at radius 2 is 2.00 bits per heavy atom. The fourth-order valence-corrected chi connectivity index (χ4v) is 7.84. The molecule has 0 heterocycles. The molecule has 6 unspecified atom stereocenters. The summed E-state index contributed by atoms with van der Waals surface area (Å²) in [5.74, 6) is 1.64. The highest BCUT2D eigenvalue weighted by molar-refractivity contribution is 5.86. The number of rotatable bonds is 3. The number of nitrogens with zero attached hydrogens (tertiary/aromatic N) is 1. The van der Waals surface area contributed by atoms with E-state index in [1.54, 1.807) is 5.57 Å². The summed E-state index contributed by atoms with van der Waals surface area (Å²) in [6.07, 6.45) is 12.7. The normalized spacial score (nSPS) is 47.0. The van der Waals surface area contributed by atoms with Gasteiger partial charge in [0.15, 0.2) is 0 Å². The first-order valence-corrected chi connectivity index (χ1v) is 10.9. The molecular weight excluding hydrogens is 332 g/mol. The molecule has 2 N–H and O–H groups in total. The van der Waals surface area contributed by atoms with Crippen molar-refractivity contribution in [3.8, 4) is 0 Å². The molecule has 0 saturated heterocycles. The Hall–Kier alpha value is -1.22. The number of aldehydes is 1. The summed E-state index contributed by atoms with van der Waals surface area (Å²) in [4.78, 5) is 15.3. The summed E-state index contributed by atoms with van der Waals surface area (Å²) in [6, 6.07) is 0. The third-order valence-corrected chi connectivity index (χ3v) is 9.20. The van der Waals surface area contributed by atoms with Gasteiger partial charge in [-0.3, -0.25) is 4.99 Å². The molecule has 3 fully saturated rings.